The molecule has 0 spiro atoms. The molecule has 3 aromatic rings. The van der Waals surface area contributed by atoms with Crippen LogP contribution in [0.3, 0.4) is 0 Å². The highest BCUT2D eigenvalue weighted by molar-refractivity contribution is 7.98. The fourth-order valence-corrected chi connectivity index (χ4v) is 4.77. The number of likely N-dealkylation sites (tertiary alicyclic amines) is 1. The molecule has 1 unspecified atom stereocenters. The van der Waals surface area contributed by atoms with Gasteiger partial charge in [0.05, 0.1) is 5.92 Å². The van der Waals surface area contributed by atoms with E-state index in [0.717, 1.165) is 30.8 Å². The van der Waals surface area contributed by atoms with Crippen LogP contribution in [0.4, 0.5) is 10.1 Å². The highest BCUT2D eigenvalue weighted by Crippen LogP contribution is 2.24. The first-order valence-electron chi connectivity index (χ1n) is 10.7. The van der Waals surface area contributed by atoms with Crippen LogP contribution in [0.2, 0.25) is 0 Å². The number of hydrogen-bond acceptors (Lipinski definition) is 3. The van der Waals surface area contributed by atoms with Gasteiger partial charge in [0.15, 0.2) is 0 Å². The number of rotatable bonds is 7. The Hall–Kier alpha value is -2.63. The molecule has 0 aromatic heterocycles. The largest absolute Gasteiger partial charge is 0.326 e. The number of amides is 1. The van der Waals surface area contributed by atoms with Crippen LogP contribution in [0.1, 0.15) is 24.0 Å². The van der Waals surface area contributed by atoms with Crippen LogP contribution in [-0.2, 0) is 17.1 Å². The van der Waals surface area contributed by atoms with Crippen LogP contribution in [-0.4, -0.2) is 23.9 Å². The second-order valence-corrected chi connectivity index (χ2v) is 9.00. The van der Waals surface area contributed by atoms with Crippen LogP contribution in [0.15, 0.2) is 83.8 Å². The van der Waals surface area contributed by atoms with Crippen LogP contribution in [0, 0.1) is 11.7 Å². The molecule has 1 saturated heterocycles. The van der Waals surface area contributed by atoms with Crippen molar-refractivity contribution in [2.45, 2.75) is 30.0 Å². The fraction of sp³-hybridized carbons (Fsp3) is 0.269. The third-order valence-corrected chi connectivity index (χ3v) is 6.68. The number of thioether (sulfide) groups is 1. The van der Waals surface area contributed by atoms with Crippen LogP contribution in [0.5, 0.6) is 0 Å². The SMILES string of the molecule is O=C(Nc1ccc(CSc2ccccc2)cc1)C1CCCN(Cc2ccccc2F)C1. The van der Waals surface area contributed by atoms with Gasteiger partial charge >= 0.3 is 0 Å². The molecule has 1 aliphatic rings. The first-order chi connectivity index (χ1) is 15.2. The first-order valence-corrected chi connectivity index (χ1v) is 11.7. The molecule has 1 atom stereocenters. The molecule has 1 N–H and O–H groups in total. The zero-order chi connectivity index (χ0) is 21.5. The van der Waals surface area contributed by atoms with Crippen molar-refractivity contribution in [1.29, 1.82) is 0 Å². The highest BCUT2D eigenvalue weighted by atomic mass is 32.2. The van der Waals surface area contributed by atoms with Gasteiger partial charge in [0.2, 0.25) is 5.91 Å². The van der Waals surface area contributed by atoms with E-state index in [1.165, 1.54) is 16.5 Å². The monoisotopic (exact) mass is 434 g/mol. The number of piperidine rings is 1. The van der Waals surface area contributed by atoms with Crippen LogP contribution >= 0.6 is 11.8 Å². The number of carbonyl (C=O) groups is 1. The minimum absolute atomic E-state index is 0.0460. The van der Waals surface area contributed by atoms with Crippen molar-refractivity contribution in [2.75, 3.05) is 18.4 Å². The molecule has 5 heteroatoms. The quantitative estimate of drug-likeness (QED) is 0.465. The minimum Gasteiger partial charge on any atom is -0.326 e. The Morgan fingerprint density at radius 3 is 2.52 bits per heavy atom. The lowest BCUT2D eigenvalue weighted by Gasteiger charge is -2.32. The van der Waals surface area contributed by atoms with Crippen molar-refractivity contribution in [3.8, 4) is 0 Å². The van der Waals surface area contributed by atoms with E-state index in [9.17, 15) is 9.18 Å². The van der Waals surface area contributed by atoms with Gasteiger partial charge in [0, 0.05) is 35.0 Å². The Bertz CT molecular complexity index is 994. The molecule has 3 nitrogen and oxygen atoms in total. The lowest BCUT2D eigenvalue weighted by atomic mass is 9.96. The van der Waals surface area contributed by atoms with Crippen molar-refractivity contribution >= 4 is 23.4 Å². The predicted octanol–water partition coefficient (Wildman–Crippen LogP) is 5.97. The molecule has 160 valence electrons. The Morgan fingerprint density at radius 1 is 1.00 bits per heavy atom. The third kappa shape index (κ3) is 6.18. The van der Waals surface area contributed by atoms with Gasteiger partial charge in [-0.25, -0.2) is 4.39 Å². The third-order valence-electron chi connectivity index (χ3n) is 5.60. The summed E-state index contributed by atoms with van der Waals surface area (Å²) in [6.07, 6.45) is 1.81. The minimum atomic E-state index is -0.181. The molecule has 4 rings (SSSR count). The molecule has 0 radical (unpaired) electrons. The molecule has 31 heavy (non-hydrogen) atoms. The fourth-order valence-electron chi connectivity index (χ4n) is 3.89. The molecular formula is C26H27FN2OS. The summed E-state index contributed by atoms with van der Waals surface area (Å²) >= 11 is 1.80. The average molecular weight is 435 g/mol. The van der Waals surface area contributed by atoms with Crippen molar-refractivity contribution in [2.24, 2.45) is 5.92 Å². The Morgan fingerprint density at radius 2 is 1.74 bits per heavy atom. The van der Waals surface area contributed by atoms with E-state index in [0.29, 0.717) is 18.7 Å². The summed E-state index contributed by atoms with van der Waals surface area (Å²) in [5.74, 6) is 0.685. The van der Waals surface area contributed by atoms with Gasteiger partial charge in [-0.05, 0) is 55.3 Å². The van der Waals surface area contributed by atoms with Gasteiger partial charge in [-0.2, -0.15) is 0 Å². The van der Waals surface area contributed by atoms with E-state index in [1.807, 2.05) is 42.5 Å². The molecule has 3 aromatic carbocycles. The Labute approximate surface area is 187 Å². The van der Waals surface area contributed by atoms with Gasteiger partial charge in [-0.3, -0.25) is 9.69 Å². The maximum absolute atomic E-state index is 14.0. The summed E-state index contributed by atoms with van der Waals surface area (Å²) in [5.41, 5.74) is 2.73. The summed E-state index contributed by atoms with van der Waals surface area (Å²) < 4.78 is 14.0. The molecule has 0 aliphatic carbocycles. The molecular weight excluding hydrogens is 407 g/mol. The Balaban J connectivity index is 1.28. The predicted molar refractivity (Wildman–Crippen MR) is 125 cm³/mol. The molecule has 1 aliphatic heterocycles. The summed E-state index contributed by atoms with van der Waals surface area (Å²) in [7, 11) is 0. The molecule has 1 amide bonds. The summed E-state index contributed by atoms with van der Waals surface area (Å²) in [6.45, 7) is 2.10. The van der Waals surface area contributed by atoms with Gasteiger partial charge < -0.3 is 5.32 Å². The average Bonchev–Trinajstić information content (AvgIpc) is 2.81. The number of nitrogens with one attached hydrogen (secondary N) is 1. The number of carbonyl (C=O) groups excluding carboxylic acids is 1. The number of benzene rings is 3. The lowest BCUT2D eigenvalue weighted by Crippen LogP contribution is -2.40. The van der Waals surface area contributed by atoms with Crippen molar-refractivity contribution in [3.05, 3.63) is 95.8 Å². The van der Waals surface area contributed by atoms with Gasteiger partial charge in [-0.1, -0.05) is 48.5 Å². The number of hydrogen-bond donors (Lipinski definition) is 1. The maximum Gasteiger partial charge on any atom is 0.228 e. The van der Waals surface area contributed by atoms with Gasteiger partial charge in [-0.15, -0.1) is 11.8 Å². The van der Waals surface area contributed by atoms with E-state index >= 15 is 0 Å². The smallest absolute Gasteiger partial charge is 0.228 e. The van der Waals surface area contributed by atoms with E-state index in [2.05, 4.69) is 34.5 Å². The van der Waals surface area contributed by atoms with Crippen LogP contribution < -0.4 is 5.32 Å². The molecule has 0 bridgehead atoms. The maximum atomic E-state index is 14.0. The molecule has 1 fully saturated rings. The van der Waals surface area contributed by atoms with E-state index < -0.39 is 0 Å². The van der Waals surface area contributed by atoms with Crippen molar-refractivity contribution in [1.82, 2.24) is 4.90 Å². The number of halogens is 1. The van der Waals surface area contributed by atoms with Crippen molar-refractivity contribution in [3.63, 3.8) is 0 Å². The number of anilines is 1. The molecule has 0 saturated carbocycles. The van der Waals surface area contributed by atoms with Gasteiger partial charge in [0.25, 0.3) is 0 Å². The number of nitrogens with zero attached hydrogens (tertiary/aromatic N) is 1. The van der Waals surface area contributed by atoms with Crippen molar-refractivity contribution < 1.29 is 9.18 Å². The summed E-state index contributed by atoms with van der Waals surface area (Å²) in [5, 5.41) is 3.06. The zero-order valence-corrected chi connectivity index (χ0v) is 18.3. The Kier molecular flexibility index (Phi) is 7.39. The highest BCUT2D eigenvalue weighted by Gasteiger charge is 2.26. The molecule has 1 heterocycles. The first kappa shape index (κ1) is 21.6. The topological polar surface area (TPSA) is 32.3 Å². The zero-order valence-electron chi connectivity index (χ0n) is 17.5. The summed E-state index contributed by atoms with van der Waals surface area (Å²) in [4.78, 5) is 16.2. The van der Waals surface area contributed by atoms with E-state index in [4.69, 9.17) is 0 Å². The van der Waals surface area contributed by atoms with Crippen LogP contribution in [0.25, 0.3) is 0 Å². The van der Waals surface area contributed by atoms with Gasteiger partial charge in [0.1, 0.15) is 5.82 Å². The van der Waals surface area contributed by atoms with E-state index in [1.54, 1.807) is 17.8 Å². The lowest BCUT2D eigenvalue weighted by molar-refractivity contribution is -0.121. The summed E-state index contributed by atoms with van der Waals surface area (Å²) in [6, 6.07) is 25.3. The second kappa shape index (κ2) is 10.6. The normalized spacial score (nSPS) is 16.7. The van der Waals surface area contributed by atoms with E-state index in [-0.39, 0.29) is 17.6 Å². The standard InChI is InChI=1S/C26H27FN2OS/c27-25-11-5-4-7-21(25)17-29-16-6-8-22(18-29)26(30)28-23-14-12-20(13-15-23)19-31-24-9-2-1-3-10-24/h1-5,7,9-15,22H,6,8,16-19H2,(H,28,30). The second-order valence-electron chi connectivity index (χ2n) is 7.95.